The molecule has 0 fully saturated rings. The van der Waals surface area contributed by atoms with Crippen LogP contribution in [0.5, 0.6) is 11.5 Å². The van der Waals surface area contributed by atoms with E-state index in [1.165, 1.54) is 12.1 Å². The normalized spacial score (nSPS) is 11.4. The highest BCUT2D eigenvalue weighted by Crippen LogP contribution is 2.24. The molecule has 0 aliphatic rings. The molecule has 0 aliphatic heterocycles. The molecule has 0 saturated carbocycles. The molecule has 0 radical (unpaired) electrons. The number of hydrogen-bond acceptors (Lipinski definition) is 6. The van der Waals surface area contributed by atoms with Gasteiger partial charge in [0.15, 0.2) is 5.75 Å². The third kappa shape index (κ3) is 8.26. The maximum absolute atomic E-state index is 12.3. The maximum atomic E-state index is 12.3. The monoisotopic (exact) mass is 494 g/mol. The van der Waals surface area contributed by atoms with Gasteiger partial charge in [0.2, 0.25) is 10.0 Å². The fraction of sp³-hybridized carbons (Fsp3) is 0.259. The van der Waals surface area contributed by atoms with Crippen LogP contribution in [0.4, 0.5) is 0 Å². The Bertz CT molecular complexity index is 1240. The number of rotatable bonds is 12. The molecule has 0 aromatic heterocycles. The SMILES string of the molecule is CCCCCCS(=O)(=O)NC(=O)c1ccc(O/N=C/c2ccc(-c3cccc(OC)c3)cc2)cc1. The lowest BCUT2D eigenvalue weighted by Gasteiger charge is -2.07. The number of carbonyl (C=O) groups is 1. The number of benzene rings is 3. The summed E-state index contributed by atoms with van der Waals surface area (Å²) in [6.45, 7) is 2.05. The molecule has 0 heterocycles. The Kier molecular flexibility index (Phi) is 9.43. The molecule has 3 aromatic rings. The minimum absolute atomic E-state index is 0.0603. The molecule has 0 aliphatic carbocycles. The van der Waals surface area contributed by atoms with Crippen LogP contribution in [0.2, 0.25) is 0 Å². The standard InChI is InChI=1S/C27H30N2O5S/c1-3-4-5-6-18-35(31,32)29-27(30)23-14-16-25(17-15-23)34-28-20-21-10-12-22(13-11-21)24-8-7-9-26(19-24)33-2/h7-17,19-20H,3-6,18H2,1-2H3,(H,29,30)/b28-20+. The fourth-order valence-electron chi connectivity index (χ4n) is 3.35. The van der Waals surface area contributed by atoms with Gasteiger partial charge in [0.05, 0.1) is 19.1 Å². The van der Waals surface area contributed by atoms with E-state index in [9.17, 15) is 13.2 Å². The first-order valence-corrected chi connectivity index (χ1v) is 13.1. The predicted molar refractivity (Wildman–Crippen MR) is 138 cm³/mol. The van der Waals surface area contributed by atoms with Gasteiger partial charge in [-0.15, -0.1) is 0 Å². The molecule has 0 bridgehead atoms. The summed E-state index contributed by atoms with van der Waals surface area (Å²) in [7, 11) is -2.01. The molecule has 0 unspecified atom stereocenters. The van der Waals surface area contributed by atoms with Crippen LogP contribution in [0.25, 0.3) is 11.1 Å². The Labute approximate surface area is 206 Å². The number of oxime groups is 1. The van der Waals surface area contributed by atoms with E-state index in [0.717, 1.165) is 41.7 Å². The van der Waals surface area contributed by atoms with Crippen LogP contribution in [0, 0.1) is 0 Å². The summed E-state index contributed by atoms with van der Waals surface area (Å²) in [5.41, 5.74) is 3.19. The van der Waals surface area contributed by atoms with Crippen LogP contribution in [-0.2, 0) is 10.0 Å². The second kappa shape index (κ2) is 12.7. The minimum Gasteiger partial charge on any atom is -0.497 e. The van der Waals surface area contributed by atoms with Crippen molar-refractivity contribution >= 4 is 22.1 Å². The quantitative estimate of drug-likeness (QED) is 0.206. The first-order valence-electron chi connectivity index (χ1n) is 11.5. The number of carbonyl (C=O) groups excluding carboxylic acids is 1. The minimum atomic E-state index is -3.65. The number of unbranched alkanes of at least 4 members (excludes halogenated alkanes) is 3. The van der Waals surface area contributed by atoms with Crippen LogP contribution >= 0.6 is 0 Å². The van der Waals surface area contributed by atoms with Crippen LogP contribution < -0.4 is 14.3 Å². The van der Waals surface area contributed by atoms with Crippen molar-refractivity contribution < 1.29 is 22.8 Å². The number of ether oxygens (including phenoxy) is 1. The van der Waals surface area contributed by atoms with Gasteiger partial charge in [-0.25, -0.2) is 13.1 Å². The summed E-state index contributed by atoms with van der Waals surface area (Å²) in [6.07, 6.45) is 4.93. The second-order valence-electron chi connectivity index (χ2n) is 8.01. The lowest BCUT2D eigenvalue weighted by atomic mass is 10.0. The molecular formula is C27H30N2O5S. The highest BCUT2D eigenvalue weighted by molar-refractivity contribution is 7.90. The first-order chi connectivity index (χ1) is 16.9. The van der Waals surface area contributed by atoms with E-state index < -0.39 is 15.9 Å². The van der Waals surface area contributed by atoms with E-state index in [0.29, 0.717) is 12.2 Å². The summed E-state index contributed by atoms with van der Waals surface area (Å²) in [4.78, 5) is 17.6. The van der Waals surface area contributed by atoms with E-state index in [-0.39, 0.29) is 11.3 Å². The summed E-state index contributed by atoms with van der Waals surface area (Å²) >= 11 is 0. The smallest absolute Gasteiger partial charge is 0.264 e. The number of hydrogen-bond donors (Lipinski definition) is 1. The van der Waals surface area contributed by atoms with Crippen molar-refractivity contribution in [3.8, 4) is 22.6 Å². The lowest BCUT2D eigenvalue weighted by Crippen LogP contribution is -2.32. The van der Waals surface area contributed by atoms with E-state index in [1.807, 2.05) is 48.5 Å². The highest BCUT2D eigenvalue weighted by Gasteiger charge is 2.15. The fourth-order valence-corrected chi connectivity index (χ4v) is 4.44. The topological polar surface area (TPSA) is 94.1 Å². The summed E-state index contributed by atoms with van der Waals surface area (Å²) < 4.78 is 31.5. The van der Waals surface area contributed by atoms with Crippen molar-refractivity contribution in [2.24, 2.45) is 5.16 Å². The molecule has 0 atom stereocenters. The zero-order valence-corrected chi connectivity index (χ0v) is 20.8. The van der Waals surface area contributed by atoms with Crippen molar-refractivity contribution in [3.63, 3.8) is 0 Å². The van der Waals surface area contributed by atoms with E-state index in [4.69, 9.17) is 9.57 Å². The van der Waals surface area contributed by atoms with Gasteiger partial charge in [-0.2, -0.15) is 0 Å². The Morgan fingerprint density at radius 3 is 2.34 bits per heavy atom. The Morgan fingerprint density at radius 1 is 0.914 bits per heavy atom. The van der Waals surface area contributed by atoms with Gasteiger partial charge >= 0.3 is 0 Å². The van der Waals surface area contributed by atoms with E-state index in [1.54, 1.807) is 25.5 Å². The number of nitrogens with one attached hydrogen (secondary N) is 1. The summed E-state index contributed by atoms with van der Waals surface area (Å²) in [5, 5.41) is 3.98. The largest absolute Gasteiger partial charge is 0.497 e. The number of nitrogens with zero attached hydrogens (tertiary/aromatic N) is 1. The maximum Gasteiger partial charge on any atom is 0.264 e. The van der Waals surface area contributed by atoms with Gasteiger partial charge in [-0.3, -0.25) is 4.79 Å². The average Bonchev–Trinajstić information content (AvgIpc) is 2.87. The first kappa shape index (κ1) is 26.0. The molecule has 3 aromatic carbocycles. The predicted octanol–water partition coefficient (Wildman–Crippen LogP) is 5.42. The van der Waals surface area contributed by atoms with Crippen LogP contribution in [0.3, 0.4) is 0 Å². The van der Waals surface area contributed by atoms with Gasteiger partial charge in [-0.05, 0) is 59.5 Å². The Balaban J connectivity index is 1.52. The molecular weight excluding hydrogens is 464 g/mol. The number of sulfonamides is 1. The van der Waals surface area contributed by atoms with Gasteiger partial charge in [-0.1, -0.05) is 67.7 Å². The molecule has 184 valence electrons. The molecule has 1 N–H and O–H groups in total. The van der Waals surface area contributed by atoms with Gasteiger partial charge in [0, 0.05) is 5.56 Å². The van der Waals surface area contributed by atoms with Crippen LogP contribution in [0.1, 0.15) is 48.5 Å². The summed E-state index contributed by atoms with van der Waals surface area (Å²) in [5.74, 6) is 0.504. The number of methoxy groups -OCH3 is 1. The van der Waals surface area contributed by atoms with Crippen molar-refractivity contribution in [1.29, 1.82) is 0 Å². The van der Waals surface area contributed by atoms with Gasteiger partial charge < -0.3 is 9.57 Å². The van der Waals surface area contributed by atoms with E-state index >= 15 is 0 Å². The van der Waals surface area contributed by atoms with Crippen molar-refractivity contribution in [2.45, 2.75) is 32.6 Å². The zero-order valence-electron chi connectivity index (χ0n) is 19.9. The summed E-state index contributed by atoms with van der Waals surface area (Å²) in [6, 6.07) is 21.8. The average molecular weight is 495 g/mol. The molecule has 0 saturated heterocycles. The molecule has 1 amide bonds. The van der Waals surface area contributed by atoms with Crippen LogP contribution in [0.15, 0.2) is 78.0 Å². The van der Waals surface area contributed by atoms with Crippen molar-refractivity contribution in [3.05, 3.63) is 83.9 Å². The highest BCUT2D eigenvalue weighted by atomic mass is 32.2. The van der Waals surface area contributed by atoms with Crippen molar-refractivity contribution in [2.75, 3.05) is 12.9 Å². The van der Waals surface area contributed by atoms with Crippen LogP contribution in [-0.4, -0.2) is 33.4 Å². The molecule has 0 spiro atoms. The number of amides is 1. The van der Waals surface area contributed by atoms with Crippen molar-refractivity contribution in [1.82, 2.24) is 4.72 Å². The third-order valence-electron chi connectivity index (χ3n) is 5.30. The zero-order chi connectivity index (χ0) is 25.1. The molecule has 3 rings (SSSR count). The Hall–Kier alpha value is -3.65. The molecule has 8 heteroatoms. The van der Waals surface area contributed by atoms with Gasteiger partial charge in [0.25, 0.3) is 5.91 Å². The Morgan fingerprint density at radius 2 is 1.66 bits per heavy atom. The second-order valence-corrected chi connectivity index (χ2v) is 9.86. The van der Waals surface area contributed by atoms with Gasteiger partial charge in [0.1, 0.15) is 5.75 Å². The third-order valence-corrected chi connectivity index (χ3v) is 6.63. The molecule has 35 heavy (non-hydrogen) atoms. The van der Waals surface area contributed by atoms with E-state index in [2.05, 4.69) is 16.8 Å². The lowest BCUT2D eigenvalue weighted by molar-refractivity contribution is 0.0981. The molecule has 7 nitrogen and oxygen atoms in total.